The van der Waals surface area contributed by atoms with Gasteiger partial charge in [-0.2, -0.15) is 0 Å². The number of carbonyl (C=O) groups is 2. The summed E-state index contributed by atoms with van der Waals surface area (Å²) in [6, 6.07) is 23.6. The summed E-state index contributed by atoms with van der Waals surface area (Å²) in [7, 11) is 1.32. The Morgan fingerprint density at radius 1 is 0.833 bits per heavy atom. The van der Waals surface area contributed by atoms with E-state index in [9.17, 15) is 9.59 Å². The molecular formula is C35H42N2O5. The van der Waals surface area contributed by atoms with Crippen molar-refractivity contribution in [1.29, 1.82) is 5.41 Å². The summed E-state index contributed by atoms with van der Waals surface area (Å²) in [6.07, 6.45) is 6.33. The number of carbonyl (C=O) groups excluding carboxylic acids is 2. The molecule has 42 heavy (non-hydrogen) atoms. The number of unbranched alkanes of at least 4 members (excludes halogenated alkanes) is 1. The van der Waals surface area contributed by atoms with Crippen LogP contribution in [0.4, 0.5) is 0 Å². The van der Waals surface area contributed by atoms with E-state index in [2.05, 4.69) is 36.4 Å². The minimum atomic E-state index is -0.492. The standard InChI is InChI=1S/C35H42N2O5/c1-26(36)29-19-21-37(22-20-29)34(38)32-25-30(35(39)40-2)15-18-33(32)42-24-8-12-28-13-16-31(17-14-28)41-23-7-6-11-27-9-4-3-5-10-27/h3-5,9-10,13-18,25,29,36H,6-8,11-12,19-24H2,1-2H3. The third kappa shape index (κ3) is 8.93. The maximum Gasteiger partial charge on any atom is 0.337 e. The molecule has 3 aromatic rings. The van der Waals surface area contributed by atoms with Crippen LogP contribution in [-0.2, 0) is 17.6 Å². The van der Waals surface area contributed by atoms with Crippen molar-refractivity contribution in [2.45, 2.75) is 51.9 Å². The van der Waals surface area contributed by atoms with Gasteiger partial charge in [0.25, 0.3) is 5.91 Å². The van der Waals surface area contributed by atoms with Gasteiger partial charge >= 0.3 is 5.97 Å². The van der Waals surface area contributed by atoms with E-state index in [0.29, 0.717) is 48.9 Å². The third-order valence-electron chi connectivity index (χ3n) is 7.79. The number of nitrogens with zero attached hydrogens (tertiary/aromatic N) is 1. The molecular weight excluding hydrogens is 528 g/mol. The normalized spacial score (nSPS) is 13.4. The molecule has 0 bridgehead atoms. The van der Waals surface area contributed by atoms with Gasteiger partial charge in [0.15, 0.2) is 0 Å². The van der Waals surface area contributed by atoms with Gasteiger partial charge in [-0.15, -0.1) is 0 Å². The molecule has 3 aromatic carbocycles. The molecule has 0 spiro atoms. The Morgan fingerprint density at radius 2 is 1.50 bits per heavy atom. The lowest BCUT2D eigenvalue weighted by atomic mass is 9.92. The van der Waals surface area contributed by atoms with Crippen molar-refractivity contribution >= 4 is 17.6 Å². The average molecular weight is 571 g/mol. The highest BCUT2D eigenvalue weighted by atomic mass is 16.5. The van der Waals surface area contributed by atoms with Crippen molar-refractivity contribution in [3.63, 3.8) is 0 Å². The van der Waals surface area contributed by atoms with Crippen LogP contribution < -0.4 is 9.47 Å². The predicted octanol–water partition coefficient (Wildman–Crippen LogP) is 6.78. The zero-order valence-electron chi connectivity index (χ0n) is 24.8. The number of likely N-dealkylation sites (tertiary alicyclic amines) is 1. The van der Waals surface area contributed by atoms with Crippen molar-refractivity contribution in [2.24, 2.45) is 5.92 Å². The first-order valence-electron chi connectivity index (χ1n) is 14.9. The van der Waals surface area contributed by atoms with E-state index in [1.807, 2.05) is 25.1 Å². The first-order chi connectivity index (χ1) is 20.4. The predicted molar refractivity (Wildman–Crippen MR) is 165 cm³/mol. The van der Waals surface area contributed by atoms with E-state index in [-0.39, 0.29) is 11.8 Å². The summed E-state index contributed by atoms with van der Waals surface area (Å²) in [4.78, 5) is 27.4. The Balaban J connectivity index is 1.24. The quantitative estimate of drug-likeness (QED) is 0.131. The van der Waals surface area contributed by atoms with Crippen molar-refractivity contribution in [3.8, 4) is 11.5 Å². The van der Waals surface area contributed by atoms with E-state index in [1.54, 1.807) is 23.1 Å². The van der Waals surface area contributed by atoms with Crippen LogP contribution in [0.15, 0.2) is 72.8 Å². The molecule has 222 valence electrons. The third-order valence-corrected chi connectivity index (χ3v) is 7.79. The Kier molecular flexibility index (Phi) is 11.6. The van der Waals surface area contributed by atoms with E-state index in [0.717, 1.165) is 50.7 Å². The van der Waals surface area contributed by atoms with Crippen LogP contribution in [0.1, 0.15) is 70.9 Å². The van der Waals surface area contributed by atoms with E-state index in [1.165, 1.54) is 18.2 Å². The van der Waals surface area contributed by atoms with E-state index in [4.69, 9.17) is 19.6 Å². The molecule has 1 saturated heterocycles. The van der Waals surface area contributed by atoms with Gasteiger partial charge in [-0.3, -0.25) is 4.79 Å². The first kappa shape index (κ1) is 30.8. The minimum Gasteiger partial charge on any atom is -0.494 e. The van der Waals surface area contributed by atoms with Crippen LogP contribution in [0.5, 0.6) is 11.5 Å². The number of aryl methyl sites for hydroxylation is 2. The number of hydrogen-bond donors (Lipinski definition) is 1. The highest BCUT2D eigenvalue weighted by Gasteiger charge is 2.27. The van der Waals surface area contributed by atoms with Crippen LogP contribution in [-0.4, -0.2) is 55.9 Å². The van der Waals surface area contributed by atoms with Gasteiger partial charge in [-0.25, -0.2) is 4.79 Å². The molecule has 4 rings (SSSR count). The molecule has 1 aliphatic heterocycles. The van der Waals surface area contributed by atoms with Gasteiger partial charge in [-0.05, 0) is 99.2 Å². The van der Waals surface area contributed by atoms with Crippen LogP contribution in [0, 0.1) is 11.3 Å². The number of esters is 1. The lowest BCUT2D eigenvalue weighted by Gasteiger charge is -2.32. The fourth-order valence-electron chi connectivity index (χ4n) is 5.23. The van der Waals surface area contributed by atoms with Crippen molar-refractivity contribution in [2.75, 3.05) is 33.4 Å². The maximum absolute atomic E-state index is 13.5. The van der Waals surface area contributed by atoms with Gasteiger partial charge in [0, 0.05) is 18.8 Å². The molecule has 0 unspecified atom stereocenters. The van der Waals surface area contributed by atoms with Crippen LogP contribution in [0.25, 0.3) is 0 Å². The van der Waals surface area contributed by atoms with E-state index >= 15 is 0 Å². The fraction of sp³-hybridized carbons (Fsp3) is 0.400. The highest BCUT2D eigenvalue weighted by molar-refractivity contribution is 6.00. The number of amides is 1. The fourth-order valence-corrected chi connectivity index (χ4v) is 5.23. The van der Waals surface area contributed by atoms with Gasteiger partial charge in [0.05, 0.1) is 31.5 Å². The number of methoxy groups -OCH3 is 1. The molecule has 7 nitrogen and oxygen atoms in total. The van der Waals surface area contributed by atoms with E-state index < -0.39 is 5.97 Å². The second-order valence-corrected chi connectivity index (χ2v) is 10.8. The van der Waals surface area contributed by atoms with Crippen LogP contribution in [0.3, 0.4) is 0 Å². The summed E-state index contributed by atoms with van der Waals surface area (Å²) in [5.74, 6) is 0.912. The molecule has 1 aliphatic rings. The molecule has 0 aliphatic carbocycles. The molecule has 0 aromatic heterocycles. The SMILES string of the molecule is COC(=O)c1ccc(OCCCc2ccc(OCCCCc3ccccc3)cc2)c(C(=O)N2CCC(C(C)=N)CC2)c1. The number of rotatable bonds is 14. The largest absolute Gasteiger partial charge is 0.494 e. The number of benzene rings is 3. The molecule has 0 saturated carbocycles. The summed E-state index contributed by atoms with van der Waals surface area (Å²) in [5, 5.41) is 7.91. The molecule has 0 atom stereocenters. The lowest BCUT2D eigenvalue weighted by molar-refractivity contribution is 0.0600. The molecule has 1 fully saturated rings. The Labute approximate surface area is 249 Å². The van der Waals surface area contributed by atoms with Gasteiger partial charge < -0.3 is 24.5 Å². The number of piperidine rings is 1. The first-order valence-corrected chi connectivity index (χ1v) is 14.9. The summed E-state index contributed by atoms with van der Waals surface area (Å²) < 4.78 is 16.9. The molecule has 7 heteroatoms. The Morgan fingerprint density at radius 3 is 2.19 bits per heavy atom. The average Bonchev–Trinajstić information content (AvgIpc) is 3.03. The van der Waals surface area contributed by atoms with Crippen LogP contribution in [0.2, 0.25) is 0 Å². The molecule has 1 N–H and O–H groups in total. The molecule has 1 heterocycles. The monoisotopic (exact) mass is 570 g/mol. The summed E-state index contributed by atoms with van der Waals surface area (Å²) in [6.45, 7) is 4.12. The van der Waals surface area contributed by atoms with Crippen LogP contribution >= 0.6 is 0 Å². The lowest BCUT2D eigenvalue weighted by Crippen LogP contribution is -2.40. The van der Waals surface area contributed by atoms with Gasteiger partial charge in [0.1, 0.15) is 11.5 Å². The topological polar surface area (TPSA) is 88.9 Å². The van der Waals surface area contributed by atoms with Crippen molar-refractivity contribution in [1.82, 2.24) is 4.90 Å². The van der Waals surface area contributed by atoms with Gasteiger partial charge in [0.2, 0.25) is 0 Å². The second kappa shape index (κ2) is 15.8. The Hall–Kier alpha value is -4.13. The number of nitrogens with one attached hydrogen (secondary N) is 1. The highest BCUT2D eigenvalue weighted by Crippen LogP contribution is 2.26. The maximum atomic E-state index is 13.5. The number of ether oxygens (including phenoxy) is 3. The second-order valence-electron chi connectivity index (χ2n) is 10.8. The molecule has 1 amide bonds. The zero-order valence-corrected chi connectivity index (χ0v) is 24.8. The minimum absolute atomic E-state index is 0.160. The number of hydrogen-bond acceptors (Lipinski definition) is 6. The summed E-state index contributed by atoms with van der Waals surface area (Å²) in [5.41, 5.74) is 3.90. The Bertz CT molecular complexity index is 1310. The molecule has 0 radical (unpaired) electrons. The van der Waals surface area contributed by atoms with Gasteiger partial charge in [-0.1, -0.05) is 42.5 Å². The smallest absolute Gasteiger partial charge is 0.337 e. The zero-order chi connectivity index (χ0) is 29.7. The van der Waals surface area contributed by atoms with Crippen molar-refractivity contribution < 1.29 is 23.8 Å². The summed E-state index contributed by atoms with van der Waals surface area (Å²) >= 11 is 0. The van der Waals surface area contributed by atoms with Crippen molar-refractivity contribution in [3.05, 3.63) is 95.1 Å².